The van der Waals surface area contributed by atoms with Crippen molar-refractivity contribution in [2.24, 2.45) is 11.8 Å². The number of amides is 1. The second-order valence-corrected chi connectivity index (χ2v) is 8.52. The van der Waals surface area contributed by atoms with Crippen molar-refractivity contribution in [1.29, 1.82) is 0 Å². The molecule has 118 valence electrons. The third-order valence-electron chi connectivity index (χ3n) is 3.88. The number of carbonyl (C=O) groups is 1. The zero-order chi connectivity index (χ0) is 15.5. The van der Waals surface area contributed by atoms with Crippen LogP contribution in [0.2, 0.25) is 0 Å². The number of aromatic nitrogens is 1. The Balaban J connectivity index is 1.93. The molecule has 1 fully saturated rings. The monoisotopic (exact) mass is 312 g/mol. The van der Waals surface area contributed by atoms with Crippen LogP contribution < -0.4 is 5.32 Å². The molecule has 0 saturated carbocycles. The van der Waals surface area contributed by atoms with Crippen LogP contribution in [0, 0.1) is 11.8 Å². The molecule has 1 aliphatic heterocycles. The van der Waals surface area contributed by atoms with Gasteiger partial charge in [-0.05, 0) is 36.8 Å². The number of hydrogen-bond donors (Lipinski definition) is 1. The first-order valence-electron chi connectivity index (χ1n) is 7.48. The predicted molar refractivity (Wildman–Crippen MR) is 82.7 cm³/mol. The highest BCUT2D eigenvalue weighted by molar-refractivity contribution is 7.91. The van der Waals surface area contributed by atoms with Crippen molar-refractivity contribution in [3.63, 3.8) is 0 Å². The minimum atomic E-state index is -2.88. The Morgan fingerprint density at radius 2 is 2.00 bits per heavy atom. The Labute approximate surface area is 126 Å². The van der Waals surface area contributed by atoms with Crippen molar-refractivity contribution in [2.45, 2.75) is 32.7 Å². The summed E-state index contributed by atoms with van der Waals surface area (Å²) in [5.74, 6) is 0.897. The van der Waals surface area contributed by atoms with Crippen LogP contribution in [0.1, 0.15) is 32.7 Å². The van der Waals surface area contributed by atoms with E-state index in [1.807, 2.05) is 29.1 Å². The zero-order valence-corrected chi connectivity index (χ0v) is 13.5. The second kappa shape index (κ2) is 6.64. The van der Waals surface area contributed by atoms with Crippen LogP contribution in [0.15, 0.2) is 24.5 Å². The van der Waals surface area contributed by atoms with Crippen LogP contribution in [0.5, 0.6) is 0 Å². The van der Waals surface area contributed by atoms with Gasteiger partial charge in [-0.3, -0.25) is 4.79 Å². The molecule has 0 bridgehead atoms. The summed E-state index contributed by atoms with van der Waals surface area (Å²) in [5.41, 5.74) is 0. The van der Waals surface area contributed by atoms with Crippen LogP contribution in [0.25, 0.3) is 0 Å². The van der Waals surface area contributed by atoms with Crippen LogP contribution in [-0.4, -0.2) is 36.9 Å². The molecule has 0 aromatic carbocycles. The van der Waals surface area contributed by atoms with Crippen LogP contribution in [0.4, 0.5) is 0 Å². The van der Waals surface area contributed by atoms with E-state index in [4.69, 9.17) is 0 Å². The van der Waals surface area contributed by atoms with Crippen LogP contribution in [0.3, 0.4) is 0 Å². The summed E-state index contributed by atoms with van der Waals surface area (Å²) in [4.78, 5) is 12.4. The smallest absolute Gasteiger partial charge is 0.243 e. The lowest BCUT2D eigenvalue weighted by molar-refractivity contribution is -0.125. The van der Waals surface area contributed by atoms with Crippen molar-refractivity contribution in [1.82, 2.24) is 9.88 Å². The molecule has 1 aromatic heterocycles. The zero-order valence-electron chi connectivity index (χ0n) is 12.7. The lowest BCUT2D eigenvalue weighted by Crippen LogP contribution is -2.36. The van der Waals surface area contributed by atoms with Gasteiger partial charge in [0.1, 0.15) is 6.04 Å². The van der Waals surface area contributed by atoms with Crippen LogP contribution >= 0.6 is 0 Å². The van der Waals surface area contributed by atoms with Crippen molar-refractivity contribution in [2.75, 3.05) is 18.1 Å². The summed E-state index contributed by atoms with van der Waals surface area (Å²) in [6.07, 6.45) is 5.21. The Morgan fingerprint density at radius 3 is 2.52 bits per heavy atom. The molecule has 0 unspecified atom stereocenters. The van der Waals surface area contributed by atoms with Gasteiger partial charge in [0.15, 0.2) is 9.84 Å². The lowest BCUT2D eigenvalue weighted by Gasteiger charge is -2.21. The maximum atomic E-state index is 12.4. The number of nitrogens with zero attached hydrogens (tertiary/aromatic N) is 1. The van der Waals surface area contributed by atoms with Crippen LogP contribution in [-0.2, 0) is 14.6 Å². The average molecular weight is 312 g/mol. The predicted octanol–water partition coefficient (Wildman–Crippen LogP) is 1.63. The minimum absolute atomic E-state index is 0.0239. The molecule has 2 atom stereocenters. The number of carbonyl (C=O) groups excluding carboxylic acids is 1. The van der Waals surface area contributed by atoms with E-state index in [0.717, 1.165) is 6.42 Å². The molecular weight excluding hydrogens is 288 g/mol. The molecule has 1 saturated heterocycles. The fourth-order valence-electron chi connectivity index (χ4n) is 2.76. The molecule has 0 radical (unpaired) electrons. The molecular formula is C15H24N2O3S. The van der Waals surface area contributed by atoms with E-state index in [9.17, 15) is 13.2 Å². The van der Waals surface area contributed by atoms with E-state index in [-0.39, 0.29) is 29.4 Å². The topological polar surface area (TPSA) is 68.2 Å². The van der Waals surface area contributed by atoms with E-state index in [0.29, 0.717) is 18.9 Å². The Morgan fingerprint density at radius 1 is 1.33 bits per heavy atom. The van der Waals surface area contributed by atoms with Gasteiger partial charge in [-0.2, -0.15) is 0 Å². The molecule has 0 spiro atoms. The SMILES string of the molecule is CC(C)C[C@H](C(=O)NC[C@H]1CCS(=O)(=O)C1)n1cccc1. The van der Waals surface area contributed by atoms with E-state index in [2.05, 4.69) is 19.2 Å². The van der Waals surface area contributed by atoms with Crippen molar-refractivity contribution < 1.29 is 13.2 Å². The largest absolute Gasteiger partial charge is 0.354 e. The molecule has 2 rings (SSSR count). The molecule has 1 aromatic rings. The van der Waals surface area contributed by atoms with Gasteiger partial charge in [-0.15, -0.1) is 0 Å². The maximum absolute atomic E-state index is 12.4. The van der Waals surface area contributed by atoms with E-state index >= 15 is 0 Å². The molecule has 1 amide bonds. The summed E-state index contributed by atoms with van der Waals surface area (Å²) in [6.45, 7) is 4.63. The van der Waals surface area contributed by atoms with Gasteiger partial charge >= 0.3 is 0 Å². The molecule has 5 nitrogen and oxygen atoms in total. The molecule has 1 N–H and O–H groups in total. The summed E-state index contributed by atoms with van der Waals surface area (Å²) < 4.78 is 24.8. The standard InChI is InChI=1S/C15H24N2O3S/c1-12(2)9-14(17-6-3-4-7-17)15(18)16-10-13-5-8-21(19,20)11-13/h3-4,6-7,12-14H,5,8-11H2,1-2H3,(H,16,18)/t13-,14-/m1/s1. The Kier molecular flexibility index (Phi) is 5.08. The van der Waals surface area contributed by atoms with Crippen molar-refractivity contribution in [3.05, 3.63) is 24.5 Å². The van der Waals surface area contributed by atoms with E-state index < -0.39 is 9.84 Å². The lowest BCUT2D eigenvalue weighted by atomic mass is 10.0. The first-order valence-corrected chi connectivity index (χ1v) is 9.30. The number of sulfone groups is 1. The molecule has 21 heavy (non-hydrogen) atoms. The maximum Gasteiger partial charge on any atom is 0.243 e. The van der Waals surface area contributed by atoms with Gasteiger partial charge in [0.25, 0.3) is 0 Å². The normalized spacial score (nSPS) is 22.3. The highest BCUT2D eigenvalue weighted by Crippen LogP contribution is 2.20. The molecule has 6 heteroatoms. The first kappa shape index (κ1) is 16.1. The Bertz CT molecular complexity index is 564. The van der Waals surface area contributed by atoms with Gasteiger partial charge in [0.2, 0.25) is 5.91 Å². The average Bonchev–Trinajstić information content (AvgIpc) is 3.02. The Hall–Kier alpha value is -1.30. The molecule has 1 aliphatic rings. The van der Waals surface area contributed by atoms with E-state index in [1.54, 1.807) is 0 Å². The van der Waals surface area contributed by atoms with E-state index in [1.165, 1.54) is 0 Å². The summed E-state index contributed by atoms with van der Waals surface area (Å²) in [5, 5.41) is 2.93. The summed E-state index contributed by atoms with van der Waals surface area (Å²) in [7, 11) is -2.88. The number of hydrogen-bond acceptors (Lipinski definition) is 3. The molecule has 2 heterocycles. The van der Waals surface area contributed by atoms with Gasteiger partial charge in [-0.25, -0.2) is 8.42 Å². The minimum Gasteiger partial charge on any atom is -0.354 e. The van der Waals surface area contributed by atoms with Gasteiger partial charge in [0.05, 0.1) is 11.5 Å². The van der Waals surface area contributed by atoms with Gasteiger partial charge in [-0.1, -0.05) is 13.8 Å². The first-order chi connectivity index (χ1) is 9.87. The quantitative estimate of drug-likeness (QED) is 0.868. The molecule has 0 aliphatic carbocycles. The summed E-state index contributed by atoms with van der Waals surface area (Å²) >= 11 is 0. The summed E-state index contributed by atoms with van der Waals surface area (Å²) in [6, 6.07) is 3.59. The van der Waals surface area contributed by atoms with Gasteiger partial charge in [0, 0.05) is 18.9 Å². The third-order valence-corrected chi connectivity index (χ3v) is 5.71. The highest BCUT2D eigenvalue weighted by atomic mass is 32.2. The van der Waals surface area contributed by atoms with Gasteiger partial charge < -0.3 is 9.88 Å². The van der Waals surface area contributed by atoms with Crippen molar-refractivity contribution in [3.8, 4) is 0 Å². The fraction of sp³-hybridized carbons (Fsp3) is 0.667. The number of rotatable bonds is 6. The second-order valence-electron chi connectivity index (χ2n) is 6.29. The fourth-order valence-corrected chi connectivity index (χ4v) is 4.62. The highest BCUT2D eigenvalue weighted by Gasteiger charge is 2.29. The number of nitrogens with one attached hydrogen (secondary N) is 1. The third kappa shape index (κ3) is 4.59. The van der Waals surface area contributed by atoms with Crippen molar-refractivity contribution >= 4 is 15.7 Å².